The van der Waals surface area contributed by atoms with Gasteiger partial charge < -0.3 is 15.2 Å². The van der Waals surface area contributed by atoms with Gasteiger partial charge in [0, 0.05) is 6.61 Å². The van der Waals surface area contributed by atoms with Crippen LogP contribution in [0.1, 0.15) is 19.8 Å². The molecule has 0 aromatic heterocycles. The van der Waals surface area contributed by atoms with Crippen LogP contribution < -0.4 is 5.32 Å². The fourth-order valence-corrected chi connectivity index (χ4v) is 1.18. The quantitative estimate of drug-likeness (QED) is 0.600. The average molecular weight is 173 g/mol. The molecule has 0 bridgehead atoms. The molecule has 0 aliphatic carbocycles. The number of aliphatic hydroxyl groups excluding tert-OH is 1. The molecular weight excluding hydrogens is 158 g/mol. The largest absolute Gasteiger partial charge is 0.384 e. The molecule has 2 N–H and O–H groups in total. The van der Waals surface area contributed by atoms with Crippen molar-refractivity contribution in [3.05, 3.63) is 0 Å². The Kier molecular flexibility index (Phi) is 3.49. The summed E-state index contributed by atoms with van der Waals surface area (Å²) < 4.78 is 5.17. The van der Waals surface area contributed by atoms with Crippen molar-refractivity contribution in [2.45, 2.75) is 31.9 Å². The standard InChI is InChI=1S/C8H15NO3/c1-6(10)8(11)9-7-3-2-4-12-5-7/h6-7,10H,2-5H2,1H3,(H,9,11)/t6-,7-/m0/s1. The van der Waals surface area contributed by atoms with Crippen LogP contribution in [0.15, 0.2) is 0 Å². The minimum atomic E-state index is -0.924. The first kappa shape index (κ1) is 9.48. The Morgan fingerprint density at radius 2 is 2.50 bits per heavy atom. The van der Waals surface area contributed by atoms with E-state index in [-0.39, 0.29) is 11.9 Å². The van der Waals surface area contributed by atoms with Gasteiger partial charge in [0.25, 0.3) is 0 Å². The molecule has 0 aromatic rings. The van der Waals surface area contributed by atoms with Crippen molar-refractivity contribution >= 4 is 5.91 Å². The maximum atomic E-state index is 11.0. The number of amides is 1. The first-order chi connectivity index (χ1) is 5.70. The minimum Gasteiger partial charge on any atom is -0.384 e. The highest BCUT2D eigenvalue weighted by atomic mass is 16.5. The lowest BCUT2D eigenvalue weighted by Gasteiger charge is -2.23. The Labute approximate surface area is 71.9 Å². The molecule has 0 saturated carbocycles. The van der Waals surface area contributed by atoms with Crippen LogP contribution in [-0.2, 0) is 9.53 Å². The summed E-state index contributed by atoms with van der Waals surface area (Å²) in [5, 5.41) is 11.6. The first-order valence-corrected chi connectivity index (χ1v) is 4.26. The second-order valence-corrected chi connectivity index (χ2v) is 3.10. The van der Waals surface area contributed by atoms with Gasteiger partial charge in [0.05, 0.1) is 12.6 Å². The number of rotatable bonds is 2. The lowest BCUT2D eigenvalue weighted by atomic mass is 10.1. The number of nitrogens with one attached hydrogen (secondary N) is 1. The lowest BCUT2D eigenvalue weighted by Crippen LogP contribution is -2.44. The highest BCUT2D eigenvalue weighted by Gasteiger charge is 2.17. The number of carbonyl (C=O) groups is 1. The third-order valence-electron chi connectivity index (χ3n) is 1.89. The Morgan fingerprint density at radius 3 is 3.00 bits per heavy atom. The molecule has 1 saturated heterocycles. The Hall–Kier alpha value is -0.610. The monoisotopic (exact) mass is 173 g/mol. The van der Waals surface area contributed by atoms with Gasteiger partial charge in [-0.1, -0.05) is 0 Å². The zero-order valence-corrected chi connectivity index (χ0v) is 7.25. The number of aliphatic hydroxyl groups is 1. The van der Waals surface area contributed by atoms with Crippen molar-refractivity contribution in [3.63, 3.8) is 0 Å². The topological polar surface area (TPSA) is 58.6 Å². The fourth-order valence-electron chi connectivity index (χ4n) is 1.18. The van der Waals surface area contributed by atoms with Gasteiger partial charge in [0.15, 0.2) is 0 Å². The van der Waals surface area contributed by atoms with Gasteiger partial charge in [-0.25, -0.2) is 0 Å². The van der Waals surface area contributed by atoms with Crippen LogP contribution >= 0.6 is 0 Å². The van der Waals surface area contributed by atoms with E-state index in [4.69, 9.17) is 9.84 Å². The van der Waals surface area contributed by atoms with Crippen LogP contribution in [0.25, 0.3) is 0 Å². The van der Waals surface area contributed by atoms with Crippen LogP contribution in [0, 0.1) is 0 Å². The van der Waals surface area contributed by atoms with Crippen LogP contribution in [-0.4, -0.2) is 36.4 Å². The molecule has 1 heterocycles. The molecule has 2 atom stereocenters. The van der Waals surface area contributed by atoms with Crippen molar-refractivity contribution in [2.24, 2.45) is 0 Å². The molecule has 0 radical (unpaired) electrons. The molecule has 4 heteroatoms. The van der Waals surface area contributed by atoms with Crippen LogP contribution in [0.5, 0.6) is 0 Å². The number of carbonyl (C=O) groups excluding carboxylic acids is 1. The SMILES string of the molecule is C[C@H](O)C(=O)N[C@H]1CCCOC1. The smallest absolute Gasteiger partial charge is 0.248 e. The van der Waals surface area contributed by atoms with Crippen LogP contribution in [0.3, 0.4) is 0 Å². The van der Waals surface area contributed by atoms with Crippen molar-refractivity contribution in [2.75, 3.05) is 13.2 Å². The molecule has 1 aliphatic rings. The zero-order chi connectivity index (χ0) is 8.97. The van der Waals surface area contributed by atoms with E-state index in [1.165, 1.54) is 6.92 Å². The van der Waals surface area contributed by atoms with Crippen LogP contribution in [0.2, 0.25) is 0 Å². The first-order valence-electron chi connectivity index (χ1n) is 4.26. The van der Waals surface area contributed by atoms with Gasteiger partial charge in [0.2, 0.25) is 5.91 Å². The van der Waals surface area contributed by atoms with E-state index in [0.29, 0.717) is 6.61 Å². The molecule has 1 amide bonds. The molecule has 1 fully saturated rings. The normalized spacial score (nSPS) is 26.3. The van der Waals surface area contributed by atoms with Crippen molar-refractivity contribution in [3.8, 4) is 0 Å². The Morgan fingerprint density at radius 1 is 1.75 bits per heavy atom. The van der Waals surface area contributed by atoms with Gasteiger partial charge in [-0.2, -0.15) is 0 Å². The molecule has 1 aliphatic heterocycles. The molecule has 0 spiro atoms. The van der Waals surface area contributed by atoms with Crippen molar-refractivity contribution < 1.29 is 14.6 Å². The number of hydrogen-bond acceptors (Lipinski definition) is 3. The summed E-state index contributed by atoms with van der Waals surface area (Å²) >= 11 is 0. The molecule has 0 aromatic carbocycles. The predicted octanol–water partition coefficient (Wildman–Crippen LogP) is -0.338. The van der Waals surface area contributed by atoms with Gasteiger partial charge in [-0.15, -0.1) is 0 Å². The van der Waals surface area contributed by atoms with Gasteiger partial charge in [0.1, 0.15) is 6.10 Å². The van der Waals surface area contributed by atoms with E-state index in [1.54, 1.807) is 0 Å². The second kappa shape index (κ2) is 4.42. The predicted molar refractivity (Wildman–Crippen MR) is 43.7 cm³/mol. The zero-order valence-electron chi connectivity index (χ0n) is 7.25. The van der Waals surface area contributed by atoms with Gasteiger partial charge in [-0.3, -0.25) is 4.79 Å². The number of hydrogen-bond donors (Lipinski definition) is 2. The minimum absolute atomic E-state index is 0.0841. The highest BCUT2D eigenvalue weighted by Crippen LogP contribution is 2.05. The maximum absolute atomic E-state index is 11.0. The molecule has 12 heavy (non-hydrogen) atoms. The molecule has 0 unspecified atom stereocenters. The Bertz CT molecular complexity index is 152. The van der Waals surface area contributed by atoms with Crippen LogP contribution in [0.4, 0.5) is 0 Å². The second-order valence-electron chi connectivity index (χ2n) is 3.10. The van der Waals surface area contributed by atoms with E-state index in [9.17, 15) is 4.79 Å². The number of ether oxygens (including phenoxy) is 1. The molecule has 70 valence electrons. The summed E-state index contributed by atoms with van der Waals surface area (Å²) in [5.74, 6) is -0.314. The average Bonchev–Trinajstić information content (AvgIpc) is 2.06. The van der Waals surface area contributed by atoms with E-state index in [1.807, 2.05) is 0 Å². The summed E-state index contributed by atoms with van der Waals surface area (Å²) in [6, 6.07) is 0.0841. The van der Waals surface area contributed by atoms with E-state index in [2.05, 4.69) is 5.32 Å². The highest BCUT2D eigenvalue weighted by molar-refractivity contribution is 5.80. The van der Waals surface area contributed by atoms with Gasteiger partial charge >= 0.3 is 0 Å². The molecular formula is C8H15NO3. The van der Waals surface area contributed by atoms with E-state index in [0.717, 1.165) is 19.4 Å². The third-order valence-corrected chi connectivity index (χ3v) is 1.89. The van der Waals surface area contributed by atoms with Gasteiger partial charge in [-0.05, 0) is 19.8 Å². The van der Waals surface area contributed by atoms with E-state index < -0.39 is 6.10 Å². The third kappa shape index (κ3) is 2.79. The van der Waals surface area contributed by atoms with Crippen molar-refractivity contribution in [1.82, 2.24) is 5.32 Å². The summed E-state index contributed by atoms with van der Waals surface area (Å²) in [5.41, 5.74) is 0. The molecule has 1 rings (SSSR count). The molecule has 4 nitrogen and oxygen atoms in total. The summed E-state index contributed by atoms with van der Waals surface area (Å²) in [4.78, 5) is 11.0. The Balaban J connectivity index is 2.24. The summed E-state index contributed by atoms with van der Waals surface area (Å²) in [6.45, 7) is 2.80. The van der Waals surface area contributed by atoms with Crippen molar-refractivity contribution in [1.29, 1.82) is 0 Å². The summed E-state index contributed by atoms with van der Waals surface area (Å²) in [6.07, 6.45) is 0.996. The lowest BCUT2D eigenvalue weighted by molar-refractivity contribution is -0.130. The summed E-state index contributed by atoms with van der Waals surface area (Å²) in [7, 11) is 0. The van der Waals surface area contributed by atoms with E-state index >= 15 is 0 Å². The maximum Gasteiger partial charge on any atom is 0.248 e. The fraction of sp³-hybridized carbons (Fsp3) is 0.875.